The van der Waals surface area contributed by atoms with Gasteiger partial charge in [0.25, 0.3) is 0 Å². The molecule has 0 radical (unpaired) electrons. The Hall–Kier alpha value is -1.35. The van der Waals surface area contributed by atoms with Gasteiger partial charge in [0.15, 0.2) is 0 Å². The highest BCUT2D eigenvalue weighted by molar-refractivity contribution is 5.71. The number of carbonyl (C=O) groups is 1. The minimum Gasteiger partial charge on any atom is -0.465 e. The highest BCUT2D eigenvalue weighted by atomic mass is 16.5. The number of benzene rings is 1. The Kier molecular flexibility index (Phi) is 5.40. The summed E-state index contributed by atoms with van der Waals surface area (Å²) in [6.07, 6.45) is 4.95. The molecule has 19 heavy (non-hydrogen) atoms. The van der Waals surface area contributed by atoms with Crippen LogP contribution in [0.5, 0.6) is 0 Å². The van der Waals surface area contributed by atoms with Crippen molar-refractivity contribution in [1.82, 2.24) is 4.90 Å². The lowest BCUT2D eigenvalue weighted by Crippen LogP contribution is -2.37. The number of hydrogen-bond donors (Lipinski definition) is 0. The van der Waals surface area contributed by atoms with Gasteiger partial charge in [-0.2, -0.15) is 0 Å². The first kappa shape index (κ1) is 14.1. The maximum absolute atomic E-state index is 11.7. The number of esters is 1. The molecule has 2 rings (SSSR count). The van der Waals surface area contributed by atoms with Crippen molar-refractivity contribution in [3.63, 3.8) is 0 Å². The second-order valence-corrected chi connectivity index (χ2v) is 5.13. The number of nitrogens with zero attached hydrogens (tertiary/aromatic N) is 1. The van der Waals surface area contributed by atoms with Crippen molar-refractivity contribution in [2.24, 2.45) is 0 Å². The second kappa shape index (κ2) is 7.29. The SMILES string of the molecule is CCOC(=O)CN(Cc1ccccc1)C1CCCC1. The molecular formula is C16H23NO2. The number of carbonyl (C=O) groups excluding carboxylic acids is 1. The molecule has 0 heterocycles. The van der Waals surface area contributed by atoms with Crippen LogP contribution in [-0.2, 0) is 16.1 Å². The van der Waals surface area contributed by atoms with Crippen molar-refractivity contribution in [3.05, 3.63) is 35.9 Å². The molecule has 1 aromatic rings. The van der Waals surface area contributed by atoms with E-state index in [9.17, 15) is 4.79 Å². The number of hydrogen-bond acceptors (Lipinski definition) is 3. The zero-order chi connectivity index (χ0) is 13.5. The molecule has 3 heteroatoms. The van der Waals surface area contributed by atoms with Crippen LogP contribution in [0.2, 0.25) is 0 Å². The summed E-state index contributed by atoms with van der Waals surface area (Å²) in [5.74, 6) is -0.106. The van der Waals surface area contributed by atoms with E-state index in [2.05, 4.69) is 17.0 Å². The van der Waals surface area contributed by atoms with Crippen molar-refractivity contribution < 1.29 is 9.53 Å². The van der Waals surface area contributed by atoms with Gasteiger partial charge < -0.3 is 4.74 Å². The first-order valence-electron chi connectivity index (χ1n) is 7.23. The van der Waals surface area contributed by atoms with Crippen LogP contribution in [0.4, 0.5) is 0 Å². The van der Waals surface area contributed by atoms with Gasteiger partial charge in [0.1, 0.15) is 0 Å². The average molecular weight is 261 g/mol. The smallest absolute Gasteiger partial charge is 0.320 e. The van der Waals surface area contributed by atoms with E-state index in [0.717, 1.165) is 6.54 Å². The second-order valence-electron chi connectivity index (χ2n) is 5.13. The largest absolute Gasteiger partial charge is 0.465 e. The van der Waals surface area contributed by atoms with E-state index in [-0.39, 0.29) is 5.97 Å². The predicted octanol–water partition coefficient (Wildman–Crippen LogP) is 2.99. The normalized spacial score (nSPS) is 15.9. The summed E-state index contributed by atoms with van der Waals surface area (Å²) in [6, 6.07) is 10.9. The fourth-order valence-electron chi connectivity index (χ4n) is 2.77. The Morgan fingerprint density at radius 1 is 1.26 bits per heavy atom. The Morgan fingerprint density at radius 2 is 1.95 bits per heavy atom. The quantitative estimate of drug-likeness (QED) is 0.737. The summed E-state index contributed by atoms with van der Waals surface area (Å²) in [7, 11) is 0. The Labute approximate surface area is 115 Å². The summed E-state index contributed by atoms with van der Waals surface area (Å²) < 4.78 is 5.09. The van der Waals surface area contributed by atoms with E-state index in [1.165, 1.54) is 31.2 Å². The third-order valence-electron chi connectivity index (χ3n) is 3.71. The van der Waals surface area contributed by atoms with Crippen molar-refractivity contribution in [1.29, 1.82) is 0 Å². The van der Waals surface area contributed by atoms with E-state index in [1.807, 2.05) is 25.1 Å². The van der Waals surface area contributed by atoms with Gasteiger partial charge in [-0.05, 0) is 25.3 Å². The molecule has 1 fully saturated rings. The van der Waals surface area contributed by atoms with Crippen LogP contribution in [0, 0.1) is 0 Å². The molecule has 0 aliphatic heterocycles. The molecule has 3 nitrogen and oxygen atoms in total. The van der Waals surface area contributed by atoms with E-state index < -0.39 is 0 Å². The summed E-state index contributed by atoms with van der Waals surface area (Å²) in [4.78, 5) is 14.0. The van der Waals surface area contributed by atoms with E-state index in [0.29, 0.717) is 19.2 Å². The molecule has 1 aliphatic carbocycles. The first-order valence-corrected chi connectivity index (χ1v) is 7.23. The Morgan fingerprint density at radius 3 is 2.58 bits per heavy atom. The van der Waals surface area contributed by atoms with Gasteiger partial charge in [-0.25, -0.2) is 0 Å². The van der Waals surface area contributed by atoms with Gasteiger partial charge in [0.05, 0.1) is 13.2 Å². The molecule has 1 saturated carbocycles. The van der Waals surface area contributed by atoms with Crippen molar-refractivity contribution in [3.8, 4) is 0 Å². The molecule has 0 amide bonds. The molecule has 0 bridgehead atoms. The lowest BCUT2D eigenvalue weighted by Gasteiger charge is -2.27. The lowest BCUT2D eigenvalue weighted by atomic mass is 10.1. The third-order valence-corrected chi connectivity index (χ3v) is 3.71. The van der Waals surface area contributed by atoms with Crippen LogP contribution in [0.3, 0.4) is 0 Å². The predicted molar refractivity (Wildman–Crippen MR) is 75.7 cm³/mol. The summed E-state index contributed by atoms with van der Waals surface area (Å²) in [6.45, 7) is 3.56. The van der Waals surface area contributed by atoms with E-state index in [1.54, 1.807) is 0 Å². The van der Waals surface area contributed by atoms with Crippen LogP contribution in [-0.4, -0.2) is 30.1 Å². The van der Waals surface area contributed by atoms with Crippen LogP contribution < -0.4 is 0 Å². The Bertz CT molecular complexity index is 385. The van der Waals surface area contributed by atoms with Gasteiger partial charge in [-0.1, -0.05) is 43.2 Å². The van der Waals surface area contributed by atoms with Crippen molar-refractivity contribution in [2.75, 3.05) is 13.2 Å². The number of ether oxygens (including phenoxy) is 1. The van der Waals surface area contributed by atoms with Crippen molar-refractivity contribution >= 4 is 5.97 Å². The highest BCUT2D eigenvalue weighted by Gasteiger charge is 2.24. The molecule has 0 saturated heterocycles. The van der Waals surface area contributed by atoms with E-state index in [4.69, 9.17) is 4.74 Å². The zero-order valence-corrected chi connectivity index (χ0v) is 11.7. The summed E-state index contributed by atoms with van der Waals surface area (Å²) >= 11 is 0. The lowest BCUT2D eigenvalue weighted by molar-refractivity contribution is -0.145. The molecule has 0 unspecified atom stereocenters. The molecule has 0 spiro atoms. The molecule has 0 N–H and O–H groups in total. The van der Waals surface area contributed by atoms with Gasteiger partial charge in [-0.3, -0.25) is 9.69 Å². The minimum atomic E-state index is -0.106. The fourth-order valence-corrected chi connectivity index (χ4v) is 2.77. The first-order chi connectivity index (χ1) is 9.29. The molecule has 1 aromatic carbocycles. The summed E-state index contributed by atoms with van der Waals surface area (Å²) in [5.41, 5.74) is 1.26. The maximum Gasteiger partial charge on any atom is 0.320 e. The van der Waals surface area contributed by atoms with Crippen LogP contribution in [0.25, 0.3) is 0 Å². The van der Waals surface area contributed by atoms with Crippen molar-refractivity contribution in [2.45, 2.75) is 45.2 Å². The van der Waals surface area contributed by atoms with Gasteiger partial charge in [0.2, 0.25) is 0 Å². The van der Waals surface area contributed by atoms with Crippen LogP contribution >= 0.6 is 0 Å². The fraction of sp³-hybridized carbons (Fsp3) is 0.562. The summed E-state index contributed by atoms with van der Waals surface area (Å²) in [5, 5.41) is 0. The number of rotatable bonds is 6. The highest BCUT2D eigenvalue weighted by Crippen LogP contribution is 2.24. The van der Waals surface area contributed by atoms with E-state index >= 15 is 0 Å². The van der Waals surface area contributed by atoms with Gasteiger partial charge >= 0.3 is 5.97 Å². The van der Waals surface area contributed by atoms with Gasteiger partial charge in [0, 0.05) is 12.6 Å². The monoisotopic (exact) mass is 261 g/mol. The molecular weight excluding hydrogens is 238 g/mol. The van der Waals surface area contributed by atoms with Crippen LogP contribution in [0.1, 0.15) is 38.2 Å². The minimum absolute atomic E-state index is 0.106. The van der Waals surface area contributed by atoms with Gasteiger partial charge in [-0.15, -0.1) is 0 Å². The molecule has 0 atom stereocenters. The molecule has 104 valence electrons. The molecule has 1 aliphatic rings. The topological polar surface area (TPSA) is 29.5 Å². The Balaban J connectivity index is 1.99. The van der Waals surface area contributed by atoms with Crippen LogP contribution in [0.15, 0.2) is 30.3 Å². The average Bonchev–Trinajstić information content (AvgIpc) is 2.93. The zero-order valence-electron chi connectivity index (χ0n) is 11.7. The maximum atomic E-state index is 11.7. The standard InChI is InChI=1S/C16H23NO2/c1-2-19-16(18)13-17(15-10-6-7-11-15)12-14-8-4-3-5-9-14/h3-5,8-9,15H,2,6-7,10-13H2,1H3. The molecule has 0 aromatic heterocycles. The third kappa shape index (κ3) is 4.35.